The normalized spacial score (nSPS) is 18.3. The van der Waals surface area contributed by atoms with E-state index in [1.54, 1.807) is 41.9 Å². The molecule has 0 spiro atoms. The number of hydrogen-bond donors (Lipinski definition) is 1. The molecule has 0 bridgehead atoms. The molecule has 12 heteroatoms. The Bertz CT molecular complexity index is 1720. The Morgan fingerprint density at radius 2 is 2.00 bits per heavy atom. The summed E-state index contributed by atoms with van der Waals surface area (Å²) in [4.78, 5) is 51.6. The van der Waals surface area contributed by atoms with E-state index < -0.39 is 0 Å². The zero-order valence-electron chi connectivity index (χ0n) is 22.9. The summed E-state index contributed by atoms with van der Waals surface area (Å²) in [6, 6.07) is 11.2. The molecule has 6 rings (SSSR count). The molecule has 2 aliphatic heterocycles. The molecule has 212 valence electrons. The van der Waals surface area contributed by atoms with Crippen molar-refractivity contribution in [2.45, 2.75) is 38.4 Å². The zero-order valence-corrected chi connectivity index (χ0v) is 24.5. The highest BCUT2D eigenvalue weighted by atomic mass is 35.5. The first-order valence-electron chi connectivity index (χ1n) is 13.4. The Balaban J connectivity index is 1.42. The van der Waals surface area contributed by atoms with E-state index in [4.69, 9.17) is 21.3 Å². The summed E-state index contributed by atoms with van der Waals surface area (Å²) < 4.78 is 6.90. The predicted molar refractivity (Wildman–Crippen MR) is 159 cm³/mol. The molecule has 1 N–H and O–H groups in total. The number of halogens is 1. The van der Waals surface area contributed by atoms with E-state index in [-0.39, 0.29) is 29.6 Å². The van der Waals surface area contributed by atoms with Crippen LogP contribution >= 0.6 is 22.9 Å². The van der Waals surface area contributed by atoms with Crippen molar-refractivity contribution in [1.82, 2.24) is 24.3 Å². The largest absolute Gasteiger partial charge is 0.447 e. The van der Waals surface area contributed by atoms with Gasteiger partial charge in [0.15, 0.2) is 0 Å². The summed E-state index contributed by atoms with van der Waals surface area (Å²) in [6.45, 7) is 3.16. The van der Waals surface area contributed by atoms with Gasteiger partial charge < -0.3 is 19.9 Å². The van der Waals surface area contributed by atoms with Gasteiger partial charge >= 0.3 is 6.09 Å². The molecular formula is C29H29ClN6O4S. The Morgan fingerprint density at radius 3 is 2.76 bits per heavy atom. The van der Waals surface area contributed by atoms with Crippen LogP contribution in [0.4, 0.5) is 10.5 Å². The second-order valence-corrected chi connectivity index (χ2v) is 12.1. The van der Waals surface area contributed by atoms with Gasteiger partial charge in [-0.3, -0.25) is 14.2 Å². The Kier molecular flexibility index (Phi) is 7.16. The quantitative estimate of drug-likeness (QED) is 0.348. The average molecular weight is 593 g/mol. The lowest BCUT2D eigenvalue weighted by molar-refractivity contribution is 0.0832. The number of aromatic nitrogens is 3. The first-order chi connectivity index (χ1) is 19.7. The fraction of sp³-hybridized carbons (Fsp3) is 0.345. The number of nitrogens with one attached hydrogen (secondary N) is 1. The second-order valence-electron chi connectivity index (χ2n) is 10.6. The van der Waals surface area contributed by atoms with Crippen LogP contribution in [0.15, 0.2) is 47.4 Å². The summed E-state index contributed by atoms with van der Waals surface area (Å²) in [5, 5.41) is 5.40. The maximum Gasteiger partial charge on any atom is 0.410 e. The molecule has 4 aromatic rings. The van der Waals surface area contributed by atoms with Gasteiger partial charge in [0.1, 0.15) is 22.3 Å². The van der Waals surface area contributed by atoms with E-state index >= 15 is 0 Å². The van der Waals surface area contributed by atoms with E-state index in [1.165, 1.54) is 16.2 Å². The molecule has 2 aliphatic rings. The molecule has 0 saturated carbocycles. The lowest BCUT2D eigenvalue weighted by Gasteiger charge is -2.33. The van der Waals surface area contributed by atoms with Crippen molar-refractivity contribution in [2.75, 3.05) is 32.6 Å². The zero-order chi connectivity index (χ0) is 28.8. The van der Waals surface area contributed by atoms with E-state index in [0.717, 1.165) is 29.7 Å². The van der Waals surface area contributed by atoms with Gasteiger partial charge in [-0.2, -0.15) is 0 Å². The molecule has 2 saturated heterocycles. The highest BCUT2D eigenvalue weighted by molar-refractivity contribution is 7.17. The number of piperidine rings is 1. The van der Waals surface area contributed by atoms with Crippen molar-refractivity contribution in [3.05, 3.63) is 74.2 Å². The van der Waals surface area contributed by atoms with Crippen LogP contribution in [0.1, 0.15) is 33.9 Å². The fourth-order valence-corrected chi connectivity index (χ4v) is 6.50. The number of aryl methyl sites for hydroxylation is 1. The van der Waals surface area contributed by atoms with Crippen molar-refractivity contribution in [3.8, 4) is 10.6 Å². The maximum atomic E-state index is 13.8. The summed E-state index contributed by atoms with van der Waals surface area (Å²) >= 11 is 7.35. The Hall–Kier alpha value is -3.96. The third-order valence-electron chi connectivity index (χ3n) is 7.60. The van der Waals surface area contributed by atoms with Crippen molar-refractivity contribution >= 4 is 51.5 Å². The number of hydrogen-bond acceptors (Lipinski definition) is 8. The number of cyclic esters (lactones) is 1. The number of benzene rings is 2. The number of rotatable bonds is 6. The molecule has 2 atom stereocenters. The summed E-state index contributed by atoms with van der Waals surface area (Å²) in [7, 11) is 3.41. The molecule has 10 nitrogen and oxygen atoms in total. The number of thiazole rings is 1. The number of nitrogens with zero attached hydrogens (tertiary/aromatic N) is 5. The van der Waals surface area contributed by atoms with E-state index in [1.807, 2.05) is 31.2 Å². The van der Waals surface area contributed by atoms with E-state index in [2.05, 4.69) is 10.3 Å². The standard InChI is InChI=1S/C29H29ClN6O4S/c1-16-32-24-11-21(26-31-13-25(41-26)28(38)34(2)3)23(33-19-8-9-35-20(10-19)15-40-29(35)39)12-22(24)27(37)36(16)14-17-4-6-18(30)7-5-17/h4-7,11-13,19-20,33H,8-10,14-15H2,1-3H3/t19-,20-/m0/s1. The SMILES string of the molecule is Cc1nc2cc(-c3ncc(C(=O)N(C)C)s3)c(N[C@H]3CCN4C(=O)OC[C@@H]4C3)cc2c(=O)n1Cc1ccc(Cl)cc1. The predicted octanol–water partition coefficient (Wildman–Crippen LogP) is 4.63. The average Bonchev–Trinajstić information content (AvgIpc) is 3.59. The van der Waals surface area contributed by atoms with Crippen LogP contribution in [0.2, 0.25) is 5.02 Å². The Morgan fingerprint density at radius 1 is 1.22 bits per heavy atom. The first-order valence-corrected chi connectivity index (χ1v) is 14.5. The van der Waals surface area contributed by atoms with Crippen molar-refractivity contribution in [1.29, 1.82) is 0 Å². The summed E-state index contributed by atoms with van der Waals surface area (Å²) in [5.41, 5.74) is 2.85. The number of fused-ring (bicyclic) bond motifs is 2. The molecule has 2 aromatic carbocycles. The molecule has 0 radical (unpaired) electrons. The molecule has 2 aromatic heterocycles. The van der Waals surface area contributed by atoms with E-state index in [0.29, 0.717) is 51.3 Å². The topological polar surface area (TPSA) is 110 Å². The van der Waals surface area contributed by atoms with Gasteiger partial charge in [0, 0.05) is 43.0 Å². The van der Waals surface area contributed by atoms with Crippen LogP contribution < -0.4 is 10.9 Å². The van der Waals surface area contributed by atoms with Crippen LogP contribution in [0, 0.1) is 6.92 Å². The highest BCUT2D eigenvalue weighted by Crippen LogP contribution is 2.36. The van der Waals surface area contributed by atoms with Crippen LogP contribution in [-0.4, -0.2) is 75.7 Å². The highest BCUT2D eigenvalue weighted by Gasteiger charge is 2.38. The summed E-state index contributed by atoms with van der Waals surface area (Å²) in [6.07, 6.45) is 2.78. The van der Waals surface area contributed by atoms with Crippen LogP contribution in [0.5, 0.6) is 0 Å². The molecular weight excluding hydrogens is 564 g/mol. The number of carbonyl (C=O) groups excluding carboxylic acids is 2. The van der Waals surface area contributed by atoms with Crippen LogP contribution in [0.3, 0.4) is 0 Å². The van der Waals surface area contributed by atoms with Gasteiger partial charge in [0.25, 0.3) is 11.5 Å². The minimum Gasteiger partial charge on any atom is -0.447 e. The number of amides is 2. The number of ether oxygens (including phenoxy) is 1. The molecule has 2 amide bonds. The third kappa shape index (κ3) is 5.27. The monoisotopic (exact) mass is 592 g/mol. The van der Waals surface area contributed by atoms with Gasteiger partial charge in [-0.15, -0.1) is 11.3 Å². The smallest absolute Gasteiger partial charge is 0.410 e. The first kappa shape index (κ1) is 27.2. The number of carbonyl (C=O) groups is 2. The minimum atomic E-state index is -0.261. The maximum absolute atomic E-state index is 13.8. The number of anilines is 1. The van der Waals surface area contributed by atoms with Crippen LogP contribution in [-0.2, 0) is 11.3 Å². The van der Waals surface area contributed by atoms with Gasteiger partial charge in [-0.25, -0.2) is 14.8 Å². The molecule has 41 heavy (non-hydrogen) atoms. The van der Waals surface area contributed by atoms with Gasteiger partial charge in [0.05, 0.1) is 29.7 Å². The molecule has 2 fully saturated rings. The van der Waals surface area contributed by atoms with Gasteiger partial charge in [0.2, 0.25) is 0 Å². The third-order valence-corrected chi connectivity index (χ3v) is 8.87. The van der Waals surface area contributed by atoms with Gasteiger partial charge in [-0.05, 0) is 49.6 Å². The Labute approximate surface area is 245 Å². The lowest BCUT2D eigenvalue weighted by Crippen LogP contribution is -2.45. The van der Waals surface area contributed by atoms with Crippen LogP contribution in [0.25, 0.3) is 21.5 Å². The fourth-order valence-electron chi connectivity index (χ4n) is 5.40. The molecule has 0 aliphatic carbocycles. The van der Waals surface area contributed by atoms with Crippen molar-refractivity contribution in [3.63, 3.8) is 0 Å². The van der Waals surface area contributed by atoms with E-state index in [9.17, 15) is 14.4 Å². The minimum absolute atomic E-state index is 0.0164. The molecule has 4 heterocycles. The van der Waals surface area contributed by atoms with Crippen molar-refractivity contribution < 1.29 is 14.3 Å². The summed E-state index contributed by atoms with van der Waals surface area (Å²) in [5.74, 6) is 0.464. The molecule has 0 unspecified atom stereocenters. The van der Waals surface area contributed by atoms with Gasteiger partial charge in [-0.1, -0.05) is 23.7 Å². The second kappa shape index (κ2) is 10.8. The van der Waals surface area contributed by atoms with Crippen molar-refractivity contribution in [2.24, 2.45) is 0 Å². The lowest BCUT2D eigenvalue weighted by atomic mass is 9.97.